The fourth-order valence-corrected chi connectivity index (χ4v) is 4.19. The molecule has 31 heavy (non-hydrogen) atoms. The molecule has 1 aliphatic rings. The van der Waals surface area contributed by atoms with Crippen molar-refractivity contribution in [2.75, 3.05) is 13.7 Å². The lowest BCUT2D eigenvalue weighted by Crippen LogP contribution is -2.35. The normalized spacial score (nSPS) is 15.7. The molecule has 4 rings (SSSR count). The average molecular weight is 436 g/mol. The van der Waals surface area contributed by atoms with Gasteiger partial charge in [0, 0.05) is 18.0 Å². The molecule has 3 aromatic carbocycles. The zero-order valence-corrected chi connectivity index (χ0v) is 18.3. The van der Waals surface area contributed by atoms with E-state index in [0.717, 1.165) is 35.4 Å². The molecule has 0 bridgehead atoms. The average Bonchev–Trinajstić information content (AvgIpc) is 3.23. The summed E-state index contributed by atoms with van der Waals surface area (Å²) in [7, 11) is 1.65. The molecule has 5 heteroatoms. The SMILES string of the molecule is COc1ccc(CO[C@@H](c2ccc(Cl)cc2)[C@@H](c2ccccc2)N2CCCC2=O)cc1. The van der Waals surface area contributed by atoms with Gasteiger partial charge in [-0.15, -0.1) is 0 Å². The maximum atomic E-state index is 12.8. The predicted octanol–water partition coefficient (Wildman–Crippen LogP) is 5.97. The van der Waals surface area contributed by atoms with Gasteiger partial charge in [0.15, 0.2) is 0 Å². The number of benzene rings is 3. The Morgan fingerprint density at radius 2 is 1.65 bits per heavy atom. The van der Waals surface area contributed by atoms with Crippen LogP contribution in [0.3, 0.4) is 0 Å². The zero-order chi connectivity index (χ0) is 21.6. The van der Waals surface area contributed by atoms with Gasteiger partial charge >= 0.3 is 0 Å². The number of methoxy groups -OCH3 is 1. The summed E-state index contributed by atoms with van der Waals surface area (Å²) in [5, 5.41) is 0.672. The predicted molar refractivity (Wildman–Crippen MR) is 122 cm³/mol. The van der Waals surface area contributed by atoms with Crippen molar-refractivity contribution in [3.8, 4) is 5.75 Å². The Morgan fingerprint density at radius 1 is 0.935 bits per heavy atom. The second-order valence-corrected chi connectivity index (χ2v) is 8.11. The summed E-state index contributed by atoms with van der Waals surface area (Å²) in [6, 6.07) is 25.5. The van der Waals surface area contributed by atoms with E-state index >= 15 is 0 Å². The van der Waals surface area contributed by atoms with E-state index in [1.165, 1.54) is 0 Å². The maximum absolute atomic E-state index is 12.8. The Kier molecular flexibility index (Phi) is 6.90. The van der Waals surface area contributed by atoms with Gasteiger partial charge in [0.05, 0.1) is 19.8 Å². The van der Waals surface area contributed by atoms with Crippen molar-refractivity contribution in [1.82, 2.24) is 4.90 Å². The molecular weight excluding hydrogens is 410 g/mol. The van der Waals surface area contributed by atoms with Crippen molar-refractivity contribution in [2.45, 2.75) is 31.6 Å². The van der Waals surface area contributed by atoms with E-state index < -0.39 is 0 Å². The molecule has 160 valence electrons. The molecule has 1 saturated heterocycles. The monoisotopic (exact) mass is 435 g/mol. The van der Waals surface area contributed by atoms with E-state index in [1.54, 1.807) is 7.11 Å². The highest BCUT2D eigenvalue weighted by Gasteiger charge is 2.36. The molecule has 3 aromatic rings. The van der Waals surface area contributed by atoms with Crippen LogP contribution in [-0.4, -0.2) is 24.5 Å². The molecule has 0 spiro atoms. The van der Waals surface area contributed by atoms with E-state index in [1.807, 2.05) is 71.6 Å². The Morgan fingerprint density at radius 3 is 2.26 bits per heavy atom. The van der Waals surface area contributed by atoms with Gasteiger partial charge in [0.2, 0.25) is 5.91 Å². The minimum atomic E-state index is -0.330. The summed E-state index contributed by atoms with van der Waals surface area (Å²) in [5.74, 6) is 0.976. The van der Waals surface area contributed by atoms with Gasteiger partial charge in [-0.2, -0.15) is 0 Å². The number of hydrogen-bond acceptors (Lipinski definition) is 3. The van der Waals surface area contributed by atoms with Crippen molar-refractivity contribution >= 4 is 17.5 Å². The number of rotatable bonds is 8. The molecule has 1 heterocycles. The van der Waals surface area contributed by atoms with Crippen molar-refractivity contribution in [3.63, 3.8) is 0 Å². The van der Waals surface area contributed by atoms with Crippen LogP contribution in [0.15, 0.2) is 78.9 Å². The molecular formula is C26H26ClNO3. The molecule has 0 aliphatic carbocycles. The third-order valence-electron chi connectivity index (χ3n) is 5.66. The molecule has 1 fully saturated rings. The van der Waals surface area contributed by atoms with Crippen LogP contribution in [0.25, 0.3) is 0 Å². The molecule has 0 N–H and O–H groups in total. The van der Waals surface area contributed by atoms with Crippen molar-refractivity contribution in [1.29, 1.82) is 0 Å². The lowest BCUT2D eigenvalue weighted by Gasteiger charge is -2.35. The molecule has 4 nitrogen and oxygen atoms in total. The van der Waals surface area contributed by atoms with Gasteiger partial charge in [-0.1, -0.05) is 66.2 Å². The first-order valence-corrected chi connectivity index (χ1v) is 10.9. The summed E-state index contributed by atoms with van der Waals surface area (Å²) in [5.41, 5.74) is 3.10. The van der Waals surface area contributed by atoms with Crippen LogP contribution in [0.2, 0.25) is 5.02 Å². The molecule has 0 unspecified atom stereocenters. The zero-order valence-electron chi connectivity index (χ0n) is 17.5. The highest BCUT2D eigenvalue weighted by Crippen LogP contribution is 2.40. The highest BCUT2D eigenvalue weighted by molar-refractivity contribution is 6.30. The minimum absolute atomic E-state index is 0.167. The number of ether oxygens (including phenoxy) is 2. The first kappa shape index (κ1) is 21.4. The van der Waals surface area contributed by atoms with E-state index in [4.69, 9.17) is 21.1 Å². The lowest BCUT2D eigenvalue weighted by atomic mass is 9.94. The number of amides is 1. The standard InChI is InChI=1S/C26H26ClNO3/c1-30-23-15-9-19(10-16-23)18-31-26(21-11-13-22(27)14-12-21)25(20-6-3-2-4-7-20)28-17-5-8-24(28)29/h2-4,6-7,9-16,25-26H,5,8,17-18H2,1H3/t25-,26+/m1/s1. The summed E-state index contributed by atoms with van der Waals surface area (Å²) in [6.07, 6.45) is 1.12. The fraction of sp³-hybridized carbons (Fsp3) is 0.269. The Labute approximate surface area is 188 Å². The largest absolute Gasteiger partial charge is 0.497 e. The first-order chi connectivity index (χ1) is 15.2. The second kappa shape index (κ2) is 9.99. The Bertz CT molecular complexity index is 989. The van der Waals surface area contributed by atoms with E-state index in [2.05, 4.69) is 12.1 Å². The second-order valence-electron chi connectivity index (χ2n) is 7.68. The molecule has 1 aliphatic heterocycles. The third-order valence-corrected chi connectivity index (χ3v) is 5.91. The molecule has 0 radical (unpaired) electrons. The van der Waals surface area contributed by atoms with Crippen LogP contribution < -0.4 is 4.74 Å². The van der Waals surface area contributed by atoms with Crippen molar-refractivity contribution in [2.24, 2.45) is 0 Å². The molecule has 1 amide bonds. The number of hydrogen-bond donors (Lipinski definition) is 0. The van der Waals surface area contributed by atoms with Crippen LogP contribution >= 0.6 is 11.6 Å². The summed E-state index contributed by atoms with van der Waals surface area (Å²) in [6.45, 7) is 1.15. The van der Waals surface area contributed by atoms with Gasteiger partial charge in [-0.05, 0) is 47.4 Å². The van der Waals surface area contributed by atoms with Crippen LogP contribution in [-0.2, 0) is 16.1 Å². The smallest absolute Gasteiger partial charge is 0.223 e. The molecule has 0 aromatic heterocycles. The molecule has 0 saturated carbocycles. The Balaban J connectivity index is 1.69. The van der Waals surface area contributed by atoms with Crippen LogP contribution in [0.5, 0.6) is 5.75 Å². The van der Waals surface area contributed by atoms with E-state index in [-0.39, 0.29) is 18.1 Å². The van der Waals surface area contributed by atoms with Gasteiger partial charge in [0.1, 0.15) is 11.9 Å². The van der Waals surface area contributed by atoms with Crippen molar-refractivity contribution < 1.29 is 14.3 Å². The van der Waals surface area contributed by atoms with Gasteiger partial charge in [-0.25, -0.2) is 0 Å². The van der Waals surface area contributed by atoms with Gasteiger partial charge in [-0.3, -0.25) is 4.79 Å². The van der Waals surface area contributed by atoms with Crippen LogP contribution in [0.1, 0.15) is 41.7 Å². The lowest BCUT2D eigenvalue weighted by molar-refractivity contribution is -0.134. The fourth-order valence-electron chi connectivity index (χ4n) is 4.06. The highest BCUT2D eigenvalue weighted by atomic mass is 35.5. The quantitative estimate of drug-likeness (QED) is 0.437. The number of carbonyl (C=O) groups excluding carboxylic acids is 1. The number of carbonyl (C=O) groups is 1. The summed E-state index contributed by atoms with van der Waals surface area (Å²) >= 11 is 6.15. The number of nitrogens with zero attached hydrogens (tertiary/aromatic N) is 1. The number of likely N-dealkylation sites (tertiary alicyclic amines) is 1. The third kappa shape index (κ3) is 5.09. The summed E-state index contributed by atoms with van der Waals surface area (Å²) < 4.78 is 11.8. The van der Waals surface area contributed by atoms with Gasteiger partial charge < -0.3 is 14.4 Å². The summed E-state index contributed by atoms with van der Waals surface area (Å²) in [4.78, 5) is 14.7. The van der Waals surface area contributed by atoms with Gasteiger partial charge in [0.25, 0.3) is 0 Å². The van der Waals surface area contributed by atoms with E-state index in [0.29, 0.717) is 18.1 Å². The maximum Gasteiger partial charge on any atom is 0.223 e. The molecule has 2 atom stereocenters. The van der Waals surface area contributed by atoms with Crippen molar-refractivity contribution in [3.05, 3.63) is 101 Å². The van der Waals surface area contributed by atoms with E-state index in [9.17, 15) is 4.79 Å². The first-order valence-electron chi connectivity index (χ1n) is 10.5. The van der Waals surface area contributed by atoms with Crippen LogP contribution in [0, 0.1) is 0 Å². The topological polar surface area (TPSA) is 38.8 Å². The Hall–Kier alpha value is -2.82. The minimum Gasteiger partial charge on any atom is -0.497 e. The number of halogens is 1. The van der Waals surface area contributed by atoms with Crippen LogP contribution in [0.4, 0.5) is 0 Å².